The van der Waals surface area contributed by atoms with Crippen molar-refractivity contribution in [2.45, 2.75) is 44.9 Å². The molecule has 1 aromatic carbocycles. The molecule has 0 bridgehead atoms. The van der Waals surface area contributed by atoms with E-state index in [4.69, 9.17) is 5.73 Å². The summed E-state index contributed by atoms with van der Waals surface area (Å²) in [5.41, 5.74) is 8.88. The van der Waals surface area contributed by atoms with Crippen molar-refractivity contribution >= 4 is 17.3 Å². The zero-order valence-electron chi connectivity index (χ0n) is 11.4. The molecule has 1 aromatic rings. The standard InChI is InChI=1S/C16H22N2O/c17-14-7-6-13-8-9-18(15(13)11-14)16(19)10-12-4-2-1-3-5-12/h6-7,11-12H,1-5,8-10,17H2. The van der Waals surface area contributed by atoms with Crippen molar-refractivity contribution in [2.24, 2.45) is 5.92 Å². The Hall–Kier alpha value is -1.51. The van der Waals surface area contributed by atoms with Crippen LogP contribution in [0.1, 0.15) is 44.1 Å². The Morgan fingerprint density at radius 1 is 1.26 bits per heavy atom. The fourth-order valence-corrected chi connectivity index (χ4v) is 3.40. The van der Waals surface area contributed by atoms with Crippen LogP contribution in [-0.2, 0) is 11.2 Å². The molecule has 1 fully saturated rings. The predicted molar refractivity (Wildman–Crippen MR) is 78.1 cm³/mol. The third kappa shape index (κ3) is 2.60. The summed E-state index contributed by atoms with van der Waals surface area (Å²) in [5.74, 6) is 0.891. The minimum atomic E-state index is 0.288. The van der Waals surface area contributed by atoms with Crippen LogP contribution in [0.4, 0.5) is 11.4 Å². The van der Waals surface area contributed by atoms with E-state index in [1.165, 1.54) is 37.7 Å². The van der Waals surface area contributed by atoms with E-state index < -0.39 is 0 Å². The lowest BCUT2D eigenvalue weighted by Crippen LogP contribution is -2.31. The van der Waals surface area contributed by atoms with Crippen molar-refractivity contribution in [3.05, 3.63) is 23.8 Å². The summed E-state index contributed by atoms with van der Waals surface area (Å²) in [6.07, 6.45) is 8.06. The number of carbonyl (C=O) groups is 1. The average molecular weight is 258 g/mol. The lowest BCUT2D eigenvalue weighted by atomic mass is 9.86. The first-order chi connectivity index (χ1) is 9.24. The largest absolute Gasteiger partial charge is 0.399 e. The molecule has 0 spiro atoms. The number of nitrogens with two attached hydrogens (primary N) is 1. The highest BCUT2D eigenvalue weighted by Crippen LogP contribution is 2.32. The molecule has 3 nitrogen and oxygen atoms in total. The van der Waals surface area contributed by atoms with Crippen LogP contribution in [0, 0.1) is 5.92 Å². The number of fused-ring (bicyclic) bond motifs is 1. The number of hydrogen-bond acceptors (Lipinski definition) is 2. The summed E-state index contributed by atoms with van der Waals surface area (Å²) in [4.78, 5) is 14.4. The van der Waals surface area contributed by atoms with Gasteiger partial charge in [-0.05, 0) is 42.9 Å². The van der Waals surface area contributed by atoms with Gasteiger partial charge in [0.15, 0.2) is 0 Å². The van der Waals surface area contributed by atoms with E-state index in [0.717, 1.165) is 24.3 Å². The minimum absolute atomic E-state index is 0.288. The number of hydrogen-bond donors (Lipinski definition) is 1. The summed E-state index contributed by atoms with van der Waals surface area (Å²) in [7, 11) is 0. The van der Waals surface area contributed by atoms with Crippen molar-refractivity contribution in [2.75, 3.05) is 17.2 Å². The first kappa shape index (κ1) is 12.5. The van der Waals surface area contributed by atoms with Gasteiger partial charge in [-0.25, -0.2) is 0 Å². The van der Waals surface area contributed by atoms with Gasteiger partial charge in [0.2, 0.25) is 5.91 Å². The molecule has 2 aliphatic rings. The van der Waals surface area contributed by atoms with Gasteiger partial charge >= 0.3 is 0 Å². The third-order valence-electron chi connectivity index (χ3n) is 4.49. The molecule has 0 saturated heterocycles. The highest BCUT2D eigenvalue weighted by Gasteiger charge is 2.27. The third-order valence-corrected chi connectivity index (χ3v) is 4.49. The molecule has 0 radical (unpaired) electrons. The average Bonchev–Trinajstić information content (AvgIpc) is 2.82. The fraction of sp³-hybridized carbons (Fsp3) is 0.562. The molecule has 19 heavy (non-hydrogen) atoms. The predicted octanol–water partition coefficient (Wildman–Crippen LogP) is 3.13. The topological polar surface area (TPSA) is 46.3 Å². The molecule has 1 aliphatic heterocycles. The zero-order valence-corrected chi connectivity index (χ0v) is 11.4. The van der Waals surface area contributed by atoms with Gasteiger partial charge in [-0.1, -0.05) is 25.3 Å². The van der Waals surface area contributed by atoms with Crippen LogP contribution in [0.25, 0.3) is 0 Å². The van der Waals surface area contributed by atoms with Crippen LogP contribution in [0.5, 0.6) is 0 Å². The molecule has 1 saturated carbocycles. The van der Waals surface area contributed by atoms with E-state index in [1.807, 2.05) is 17.0 Å². The first-order valence-electron chi connectivity index (χ1n) is 7.43. The number of benzene rings is 1. The van der Waals surface area contributed by atoms with Crippen LogP contribution >= 0.6 is 0 Å². The Bertz CT molecular complexity index is 478. The van der Waals surface area contributed by atoms with Crippen LogP contribution < -0.4 is 10.6 Å². The molecule has 3 heteroatoms. The van der Waals surface area contributed by atoms with Gasteiger partial charge in [-0.2, -0.15) is 0 Å². The van der Waals surface area contributed by atoms with Gasteiger partial charge < -0.3 is 10.6 Å². The fourth-order valence-electron chi connectivity index (χ4n) is 3.40. The van der Waals surface area contributed by atoms with Gasteiger partial charge in [-0.3, -0.25) is 4.79 Å². The van der Waals surface area contributed by atoms with Crippen molar-refractivity contribution in [3.63, 3.8) is 0 Å². The number of anilines is 2. The minimum Gasteiger partial charge on any atom is -0.399 e. The summed E-state index contributed by atoms with van der Waals surface area (Å²) < 4.78 is 0. The summed E-state index contributed by atoms with van der Waals surface area (Å²) in [6.45, 7) is 0.824. The quantitative estimate of drug-likeness (QED) is 0.828. The van der Waals surface area contributed by atoms with Gasteiger partial charge in [0, 0.05) is 24.3 Å². The van der Waals surface area contributed by atoms with Gasteiger partial charge in [0.25, 0.3) is 0 Å². The van der Waals surface area contributed by atoms with E-state index in [1.54, 1.807) is 0 Å². The van der Waals surface area contributed by atoms with Gasteiger partial charge in [-0.15, -0.1) is 0 Å². The van der Waals surface area contributed by atoms with Crippen LogP contribution in [0.3, 0.4) is 0 Å². The Kier molecular flexibility index (Phi) is 3.45. The molecule has 1 heterocycles. The number of nitrogen functional groups attached to an aromatic ring is 1. The Labute approximate surface area is 114 Å². The maximum absolute atomic E-state index is 12.5. The highest BCUT2D eigenvalue weighted by molar-refractivity contribution is 5.96. The van der Waals surface area contributed by atoms with Crippen molar-refractivity contribution < 1.29 is 4.79 Å². The molecular formula is C16H22N2O. The molecule has 0 atom stereocenters. The molecule has 3 rings (SSSR count). The molecule has 1 amide bonds. The smallest absolute Gasteiger partial charge is 0.227 e. The Balaban J connectivity index is 1.70. The molecule has 102 valence electrons. The lowest BCUT2D eigenvalue weighted by Gasteiger charge is -2.24. The molecule has 1 aliphatic carbocycles. The van der Waals surface area contributed by atoms with Crippen LogP contribution in [0.2, 0.25) is 0 Å². The molecule has 2 N–H and O–H groups in total. The van der Waals surface area contributed by atoms with Crippen LogP contribution in [-0.4, -0.2) is 12.5 Å². The molecular weight excluding hydrogens is 236 g/mol. The number of rotatable bonds is 2. The van der Waals surface area contributed by atoms with Crippen molar-refractivity contribution in [3.8, 4) is 0 Å². The van der Waals surface area contributed by atoms with Gasteiger partial charge in [0.1, 0.15) is 0 Å². The lowest BCUT2D eigenvalue weighted by molar-refractivity contribution is -0.119. The maximum Gasteiger partial charge on any atom is 0.227 e. The molecule has 0 unspecified atom stereocenters. The normalized spacial score (nSPS) is 19.5. The second kappa shape index (κ2) is 5.24. The van der Waals surface area contributed by atoms with E-state index in [0.29, 0.717) is 12.3 Å². The Morgan fingerprint density at radius 2 is 2.05 bits per heavy atom. The maximum atomic E-state index is 12.5. The van der Waals surface area contributed by atoms with E-state index >= 15 is 0 Å². The van der Waals surface area contributed by atoms with Crippen LogP contribution in [0.15, 0.2) is 18.2 Å². The number of nitrogens with zero attached hydrogens (tertiary/aromatic N) is 1. The highest BCUT2D eigenvalue weighted by atomic mass is 16.2. The van der Waals surface area contributed by atoms with Crippen molar-refractivity contribution in [1.29, 1.82) is 0 Å². The second-order valence-corrected chi connectivity index (χ2v) is 5.89. The first-order valence-corrected chi connectivity index (χ1v) is 7.43. The monoisotopic (exact) mass is 258 g/mol. The van der Waals surface area contributed by atoms with E-state index in [-0.39, 0.29) is 5.91 Å². The van der Waals surface area contributed by atoms with E-state index in [2.05, 4.69) is 6.07 Å². The van der Waals surface area contributed by atoms with E-state index in [9.17, 15) is 4.79 Å². The zero-order chi connectivity index (χ0) is 13.2. The summed E-state index contributed by atoms with van der Waals surface area (Å²) in [6, 6.07) is 5.92. The summed E-state index contributed by atoms with van der Waals surface area (Å²) >= 11 is 0. The second-order valence-electron chi connectivity index (χ2n) is 5.89. The van der Waals surface area contributed by atoms with Crippen molar-refractivity contribution in [1.82, 2.24) is 0 Å². The summed E-state index contributed by atoms with van der Waals surface area (Å²) in [5, 5.41) is 0. The van der Waals surface area contributed by atoms with Gasteiger partial charge in [0.05, 0.1) is 0 Å². The number of carbonyl (C=O) groups excluding carboxylic acids is 1. The molecule has 0 aromatic heterocycles. The Morgan fingerprint density at radius 3 is 2.84 bits per heavy atom. The number of amides is 1. The SMILES string of the molecule is Nc1ccc2c(c1)N(C(=O)CC1CCCCC1)CC2.